The van der Waals surface area contributed by atoms with Crippen LogP contribution in [0.2, 0.25) is 0 Å². The number of amides is 1. The molecule has 3 aromatic rings. The number of carbonyl (C=O) groups is 1. The van der Waals surface area contributed by atoms with Crippen LogP contribution in [0.4, 0.5) is 10.1 Å². The van der Waals surface area contributed by atoms with Crippen LogP contribution < -0.4 is 4.90 Å². The average molecular weight is 390 g/mol. The highest BCUT2D eigenvalue weighted by Gasteiger charge is 2.29. The molecule has 1 amide bonds. The molecular weight excluding hydrogens is 377 g/mol. The van der Waals surface area contributed by atoms with Crippen molar-refractivity contribution in [3.63, 3.8) is 0 Å². The Morgan fingerprint density at radius 2 is 2.21 bits per heavy atom. The van der Waals surface area contributed by atoms with E-state index in [1.807, 2.05) is 13.0 Å². The third-order valence-corrected chi connectivity index (χ3v) is 4.53. The van der Waals surface area contributed by atoms with E-state index in [-0.39, 0.29) is 5.82 Å². The summed E-state index contributed by atoms with van der Waals surface area (Å²) in [6.07, 6.45) is 3.11. The molecule has 0 bridgehead atoms. The van der Waals surface area contributed by atoms with E-state index in [4.69, 9.17) is 0 Å². The van der Waals surface area contributed by atoms with Gasteiger partial charge in [-0.05, 0) is 43.5 Å². The number of aromatic nitrogens is 4. The van der Waals surface area contributed by atoms with Gasteiger partial charge in [-0.1, -0.05) is 15.9 Å². The summed E-state index contributed by atoms with van der Waals surface area (Å²) in [4.78, 5) is 22.6. The van der Waals surface area contributed by atoms with Gasteiger partial charge in [-0.15, -0.1) is 5.10 Å². The van der Waals surface area contributed by atoms with Crippen LogP contribution in [0.3, 0.4) is 0 Å². The molecule has 6 nitrogen and oxygen atoms in total. The lowest BCUT2D eigenvalue weighted by molar-refractivity contribution is 0.0974. The van der Waals surface area contributed by atoms with Gasteiger partial charge in [0.05, 0.1) is 5.69 Å². The fourth-order valence-electron chi connectivity index (χ4n) is 2.97. The highest BCUT2D eigenvalue weighted by atomic mass is 79.9. The second kappa shape index (κ2) is 5.62. The summed E-state index contributed by atoms with van der Waals surface area (Å²) in [5.41, 5.74) is 1.94. The quantitative estimate of drug-likeness (QED) is 0.641. The predicted octanol–water partition coefficient (Wildman–Crippen LogP) is 2.93. The van der Waals surface area contributed by atoms with Gasteiger partial charge in [-0.25, -0.2) is 13.9 Å². The van der Waals surface area contributed by atoms with Crippen LogP contribution >= 0.6 is 15.9 Å². The molecule has 0 aliphatic carbocycles. The third-order valence-electron chi connectivity index (χ3n) is 4.07. The minimum absolute atomic E-state index is 0.0203. The first-order chi connectivity index (χ1) is 11.5. The normalized spacial score (nSPS) is 14.0. The van der Waals surface area contributed by atoms with Gasteiger partial charge >= 0.3 is 0 Å². The van der Waals surface area contributed by atoms with Gasteiger partial charge in [0, 0.05) is 22.9 Å². The van der Waals surface area contributed by atoms with Gasteiger partial charge in [0.25, 0.3) is 11.7 Å². The Bertz CT molecular complexity index is 971. The molecule has 0 unspecified atom stereocenters. The summed E-state index contributed by atoms with van der Waals surface area (Å²) >= 11 is 3.29. The number of rotatable bonds is 1. The molecule has 4 rings (SSSR count). The predicted molar refractivity (Wildman–Crippen MR) is 89.6 cm³/mol. The summed E-state index contributed by atoms with van der Waals surface area (Å²) in [5, 5.41) is 4.23. The average Bonchev–Trinajstić information content (AvgIpc) is 2.99. The second-order valence-electron chi connectivity index (χ2n) is 5.69. The van der Waals surface area contributed by atoms with Crippen molar-refractivity contribution in [1.29, 1.82) is 0 Å². The molecule has 0 saturated carbocycles. The van der Waals surface area contributed by atoms with Crippen LogP contribution in [0.1, 0.15) is 28.3 Å². The van der Waals surface area contributed by atoms with Crippen LogP contribution in [0.25, 0.3) is 5.78 Å². The van der Waals surface area contributed by atoms with Gasteiger partial charge in [-0.2, -0.15) is 4.98 Å². The minimum Gasteiger partial charge on any atom is -0.302 e. The van der Waals surface area contributed by atoms with Gasteiger partial charge in [0.15, 0.2) is 0 Å². The minimum atomic E-state index is -0.425. The van der Waals surface area contributed by atoms with E-state index in [9.17, 15) is 9.18 Å². The number of nitrogens with zero attached hydrogens (tertiary/aromatic N) is 5. The largest absolute Gasteiger partial charge is 0.302 e. The maximum absolute atomic E-state index is 14.4. The van der Waals surface area contributed by atoms with Crippen molar-refractivity contribution in [3.05, 3.63) is 51.8 Å². The highest BCUT2D eigenvalue weighted by Crippen LogP contribution is 2.33. The third kappa shape index (κ3) is 2.37. The number of halogens is 2. The molecule has 0 fully saturated rings. The number of fused-ring (bicyclic) bond motifs is 2. The molecule has 0 atom stereocenters. The molecular formula is C16H13BrFN5O. The SMILES string of the molecule is Cc1ccnc2nc(C(=O)N3CCCc4cc(Br)cc(F)c43)nn12. The van der Waals surface area contributed by atoms with E-state index in [0.29, 0.717) is 22.5 Å². The van der Waals surface area contributed by atoms with E-state index in [0.717, 1.165) is 24.1 Å². The van der Waals surface area contributed by atoms with Gasteiger partial charge < -0.3 is 4.90 Å². The summed E-state index contributed by atoms with van der Waals surface area (Å²) < 4.78 is 16.6. The van der Waals surface area contributed by atoms with Crippen LogP contribution in [0.15, 0.2) is 28.9 Å². The summed E-state index contributed by atoms with van der Waals surface area (Å²) in [5.74, 6) is -0.466. The van der Waals surface area contributed by atoms with Crippen LogP contribution in [-0.2, 0) is 6.42 Å². The molecule has 0 radical (unpaired) electrons. The summed E-state index contributed by atoms with van der Waals surface area (Å²) in [6.45, 7) is 2.29. The number of aryl methyl sites for hydroxylation is 2. The van der Waals surface area contributed by atoms with Crippen molar-refractivity contribution in [2.45, 2.75) is 19.8 Å². The maximum Gasteiger partial charge on any atom is 0.298 e. The van der Waals surface area contributed by atoms with Crippen LogP contribution in [0.5, 0.6) is 0 Å². The molecule has 3 heterocycles. The second-order valence-corrected chi connectivity index (χ2v) is 6.60. The molecule has 2 aromatic heterocycles. The Morgan fingerprint density at radius 1 is 1.38 bits per heavy atom. The lowest BCUT2D eigenvalue weighted by Crippen LogP contribution is -2.37. The smallest absolute Gasteiger partial charge is 0.298 e. The monoisotopic (exact) mass is 389 g/mol. The van der Waals surface area contributed by atoms with Crippen molar-refractivity contribution < 1.29 is 9.18 Å². The Morgan fingerprint density at radius 3 is 3.00 bits per heavy atom. The van der Waals surface area contributed by atoms with Gasteiger partial charge in [-0.3, -0.25) is 4.79 Å². The van der Waals surface area contributed by atoms with Crippen LogP contribution in [-0.4, -0.2) is 32.0 Å². The lowest BCUT2D eigenvalue weighted by Gasteiger charge is -2.29. The Labute approximate surface area is 145 Å². The van der Waals surface area contributed by atoms with Gasteiger partial charge in [0.1, 0.15) is 5.82 Å². The van der Waals surface area contributed by atoms with Crippen molar-refractivity contribution in [3.8, 4) is 0 Å². The molecule has 1 aliphatic heterocycles. The molecule has 0 N–H and O–H groups in total. The zero-order valence-corrected chi connectivity index (χ0v) is 14.4. The molecule has 0 saturated heterocycles. The lowest BCUT2D eigenvalue weighted by atomic mass is 10.0. The molecule has 1 aromatic carbocycles. The number of anilines is 1. The first-order valence-corrected chi connectivity index (χ1v) is 8.32. The maximum atomic E-state index is 14.4. The van der Waals surface area contributed by atoms with Crippen molar-refractivity contribution >= 4 is 33.3 Å². The standard InChI is InChI=1S/C16H13BrFN5O/c1-9-4-5-19-16-20-14(21-23(9)16)15(24)22-6-2-3-10-7-11(17)8-12(18)13(10)22/h4-5,7-8H,2-3,6H2,1H3. The van der Waals surface area contributed by atoms with Crippen molar-refractivity contribution in [1.82, 2.24) is 19.6 Å². The van der Waals surface area contributed by atoms with E-state index >= 15 is 0 Å². The molecule has 24 heavy (non-hydrogen) atoms. The highest BCUT2D eigenvalue weighted by molar-refractivity contribution is 9.10. The molecule has 8 heteroatoms. The molecule has 122 valence electrons. The fourth-order valence-corrected chi connectivity index (χ4v) is 3.45. The molecule has 0 spiro atoms. The van der Waals surface area contributed by atoms with E-state index in [1.165, 1.54) is 15.5 Å². The molecule has 1 aliphatic rings. The number of carbonyl (C=O) groups excluding carboxylic acids is 1. The van der Waals surface area contributed by atoms with E-state index < -0.39 is 11.7 Å². The number of hydrogen-bond acceptors (Lipinski definition) is 4. The Hall–Kier alpha value is -2.35. The number of hydrogen-bond donors (Lipinski definition) is 0. The van der Waals surface area contributed by atoms with E-state index in [2.05, 4.69) is 31.0 Å². The van der Waals surface area contributed by atoms with Crippen molar-refractivity contribution in [2.75, 3.05) is 11.4 Å². The first kappa shape index (κ1) is 15.2. The Balaban J connectivity index is 1.79. The van der Waals surface area contributed by atoms with Gasteiger partial charge in [0.2, 0.25) is 5.82 Å². The van der Waals surface area contributed by atoms with E-state index in [1.54, 1.807) is 12.3 Å². The summed E-state index contributed by atoms with van der Waals surface area (Å²) in [6, 6.07) is 5.00. The topological polar surface area (TPSA) is 63.4 Å². The first-order valence-electron chi connectivity index (χ1n) is 7.53. The summed E-state index contributed by atoms with van der Waals surface area (Å²) in [7, 11) is 0. The van der Waals surface area contributed by atoms with Crippen molar-refractivity contribution in [2.24, 2.45) is 0 Å². The zero-order valence-electron chi connectivity index (χ0n) is 12.8. The Kier molecular flexibility index (Phi) is 3.56. The zero-order chi connectivity index (χ0) is 16.8. The number of benzene rings is 1. The fraction of sp³-hybridized carbons (Fsp3) is 0.250. The van der Waals surface area contributed by atoms with Crippen LogP contribution in [0, 0.1) is 12.7 Å².